The minimum atomic E-state index is -1.56. The third kappa shape index (κ3) is 2.86. The van der Waals surface area contributed by atoms with Gasteiger partial charge in [-0.3, -0.25) is 4.79 Å². The minimum Gasteiger partial charge on any atom is -0.298 e. The van der Waals surface area contributed by atoms with Crippen LogP contribution in [0, 0.1) is 18.3 Å². The highest BCUT2D eigenvalue weighted by Crippen LogP contribution is 2.14. The molecule has 0 aliphatic carbocycles. The van der Waals surface area contributed by atoms with E-state index in [0.29, 0.717) is 11.2 Å². The number of hydrogen-bond acceptors (Lipinski definition) is 3. The molecule has 1 atom stereocenters. The lowest BCUT2D eigenvalue weighted by atomic mass is 10.2. The second kappa shape index (κ2) is 5.23. The first-order chi connectivity index (χ1) is 7.19. The zero-order valence-corrected chi connectivity index (χ0v) is 8.95. The molecule has 0 N–H and O–H groups in total. The Morgan fingerprint density at radius 1 is 1.40 bits per heavy atom. The van der Waals surface area contributed by atoms with E-state index in [1.165, 1.54) is 0 Å². The Morgan fingerprint density at radius 2 is 2.00 bits per heavy atom. The SMILES string of the molecule is Cc1ccc(S(=O)/C(C#N)=C/C=O)cc1. The summed E-state index contributed by atoms with van der Waals surface area (Å²) in [7, 11) is -1.56. The molecule has 0 spiro atoms. The standard InChI is InChI=1S/C11H9NO2S/c1-9-2-4-10(5-3-9)15(14)11(8-12)6-7-13/h2-7H,1H3/b11-6+. The van der Waals surface area contributed by atoms with Crippen LogP contribution in [0.25, 0.3) is 0 Å². The summed E-state index contributed by atoms with van der Waals surface area (Å²) in [5, 5.41) is 8.67. The van der Waals surface area contributed by atoms with Crippen LogP contribution in [0.2, 0.25) is 0 Å². The Balaban J connectivity index is 3.05. The Kier molecular flexibility index (Phi) is 3.95. The van der Waals surface area contributed by atoms with Gasteiger partial charge in [-0.15, -0.1) is 0 Å². The van der Waals surface area contributed by atoms with Crippen LogP contribution in [0.4, 0.5) is 0 Å². The predicted octanol–water partition coefficient (Wildman–Crippen LogP) is 1.71. The van der Waals surface area contributed by atoms with Gasteiger partial charge in [0.1, 0.15) is 17.3 Å². The molecule has 0 saturated carbocycles. The highest BCUT2D eigenvalue weighted by atomic mass is 32.2. The second-order valence-corrected chi connectivity index (χ2v) is 4.31. The molecule has 3 nitrogen and oxygen atoms in total. The Labute approximate surface area is 90.5 Å². The number of aryl methyl sites for hydroxylation is 1. The molecule has 1 rings (SSSR count). The largest absolute Gasteiger partial charge is 0.298 e. The number of benzene rings is 1. The molecule has 0 bridgehead atoms. The molecule has 76 valence electrons. The van der Waals surface area contributed by atoms with Gasteiger partial charge in [-0.25, -0.2) is 4.21 Å². The Hall–Kier alpha value is -1.73. The molecule has 0 radical (unpaired) electrons. The van der Waals surface area contributed by atoms with Crippen molar-refractivity contribution < 1.29 is 9.00 Å². The minimum absolute atomic E-state index is 0.0335. The molecule has 15 heavy (non-hydrogen) atoms. The molecule has 1 unspecified atom stereocenters. The van der Waals surface area contributed by atoms with Gasteiger partial charge in [-0.05, 0) is 19.1 Å². The van der Waals surface area contributed by atoms with Crippen molar-refractivity contribution in [3.05, 3.63) is 40.8 Å². The molecule has 0 aromatic heterocycles. The van der Waals surface area contributed by atoms with Crippen LogP contribution in [-0.4, -0.2) is 10.5 Å². The average molecular weight is 219 g/mol. The zero-order valence-electron chi connectivity index (χ0n) is 8.14. The van der Waals surface area contributed by atoms with Crippen molar-refractivity contribution in [2.24, 2.45) is 0 Å². The van der Waals surface area contributed by atoms with E-state index >= 15 is 0 Å². The summed E-state index contributed by atoms with van der Waals surface area (Å²) in [5.74, 6) is 0. The molecular formula is C11H9NO2S. The Morgan fingerprint density at radius 3 is 2.47 bits per heavy atom. The van der Waals surface area contributed by atoms with Gasteiger partial charge in [0.2, 0.25) is 0 Å². The normalized spacial score (nSPS) is 12.9. The lowest BCUT2D eigenvalue weighted by molar-refractivity contribution is -0.104. The maximum atomic E-state index is 11.7. The number of aldehydes is 1. The molecular weight excluding hydrogens is 210 g/mol. The first kappa shape index (κ1) is 11.3. The van der Waals surface area contributed by atoms with E-state index in [1.54, 1.807) is 18.2 Å². The maximum absolute atomic E-state index is 11.7. The quantitative estimate of drug-likeness (QED) is 0.441. The topological polar surface area (TPSA) is 57.9 Å². The summed E-state index contributed by atoms with van der Waals surface area (Å²) in [6, 6.07) is 8.73. The summed E-state index contributed by atoms with van der Waals surface area (Å²) in [4.78, 5) is 10.7. The van der Waals surface area contributed by atoms with Crippen LogP contribution in [0.15, 0.2) is 40.1 Å². The second-order valence-electron chi connectivity index (χ2n) is 2.86. The molecule has 0 aliphatic heterocycles. The van der Waals surface area contributed by atoms with Crippen molar-refractivity contribution in [3.8, 4) is 6.07 Å². The fourth-order valence-electron chi connectivity index (χ4n) is 0.991. The van der Waals surface area contributed by atoms with E-state index in [4.69, 9.17) is 5.26 Å². The van der Waals surface area contributed by atoms with Crippen molar-refractivity contribution in [1.82, 2.24) is 0 Å². The fourth-order valence-corrected chi connectivity index (χ4v) is 1.89. The van der Waals surface area contributed by atoms with Crippen LogP contribution < -0.4 is 0 Å². The molecule has 0 fully saturated rings. The summed E-state index contributed by atoms with van der Waals surface area (Å²) >= 11 is 0. The van der Waals surface area contributed by atoms with Gasteiger partial charge in [0.15, 0.2) is 0 Å². The lowest BCUT2D eigenvalue weighted by Crippen LogP contribution is -1.94. The molecule has 0 aliphatic rings. The van der Waals surface area contributed by atoms with Gasteiger partial charge >= 0.3 is 0 Å². The van der Waals surface area contributed by atoms with Crippen molar-refractivity contribution in [3.63, 3.8) is 0 Å². The van der Waals surface area contributed by atoms with Crippen molar-refractivity contribution >= 4 is 17.1 Å². The van der Waals surface area contributed by atoms with Crippen LogP contribution in [0.5, 0.6) is 0 Å². The van der Waals surface area contributed by atoms with E-state index < -0.39 is 10.8 Å². The van der Waals surface area contributed by atoms with Gasteiger partial charge < -0.3 is 0 Å². The van der Waals surface area contributed by atoms with Crippen molar-refractivity contribution in [1.29, 1.82) is 5.26 Å². The first-order valence-electron chi connectivity index (χ1n) is 4.23. The number of nitriles is 1. The number of carbonyl (C=O) groups excluding carboxylic acids is 1. The Bertz CT molecular complexity index is 454. The van der Waals surface area contributed by atoms with Crippen LogP contribution >= 0.6 is 0 Å². The smallest absolute Gasteiger partial charge is 0.144 e. The number of allylic oxidation sites excluding steroid dienone is 2. The predicted molar refractivity (Wildman–Crippen MR) is 57.3 cm³/mol. The third-order valence-corrected chi connectivity index (χ3v) is 3.09. The fraction of sp³-hybridized carbons (Fsp3) is 0.0909. The summed E-state index contributed by atoms with van der Waals surface area (Å²) < 4.78 is 11.7. The van der Waals surface area contributed by atoms with Gasteiger partial charge in [0, 0.05) is 11.0 Å². The molecule has 0 saturated heterocycles. The van der Waals surface area contributed by atoms with E-state index in [9.17, 15) is 9.00 Å². The highest BCUT2D eigenvalue weighted by molar-refractivity contribution is 7.89. The van der Waals surface area contributed by atoms with Crippen LogP contribution in [0.3, 0.4) is 0 Å². The van der Waals surface area contributed by atoms with Crippen LogP contribution in [0.1, 0.15) is 5.56 Å². The van der Waals surface area contributed by atoms with E-state index in [2.05, 4.69) is 0 Å². The molecule has 4 heteroatoms. The van der Waals surface area contributed by atoms with Gasteiger partial charge in [-0.2, -0.15) is 5.26 Å². The number of rotatable bonds is 3. The lowest BCUT2D eigenvalue weighted by Gasteiger charge is -1.99. The molecule has 1 aromatic rings. The summed E-state index contributed by atoms with van der Waals surface area (Å²) in [6.45, 7) is 1.92. The van der Waals surface area contributed by atoms with Gasteiger partial charge in [-0.1, -0.05) is 17.7 Å². The first-order valence-corrected chi connectivity index (χ1v) is 5.38. The number of nitrogens with zero attached hydrogens (tertiary/aromatic N) is 1. The maximum Gasteiger partial charge on any atom is 0.144 e. The van der Waals surface area contributed by atoms with Gasteiger partial charge in [0.05, 0.1) is 10.8 Å². The van der Waals surface area contributed by atoms with Crippen molar-refractivity contribution in [2.75, 3.05) is 0 Å². The molecule has 1 aromatic carbocycles. The molecule has 0 heterocycles. The number of hydrogen-bond donors (Lipinski definition) is 0. The van der Waals surface area contributed by atoms with E-state index in [-0.39, 0.29) is 4.91 Å². The van der Waals surface area contributed by atoms with Crippen LogP contribution in [-0.2, 0) is 15.6 Å². The summed E-state index contributed by atoms with van der Waals surface area (Å²) in [5.41, 5.74) is 1.05. The monoisotopic (exact) mass is 219 g/mol. The zero-order chi connectivity index (χ0) is 11.3. The van der Waals surface area contributed by atoms with E-state index in [1.807, 2.05) is 19.1 Å². The van der Waals surface area contributed by atoms with E-state index in [0.717, 1.165) is 11.6 Å². The average Bonchev–Trinajstić information content (AvgIpc) is 2.26. The van der Waals surface area contributed by atoms with Gasteiger partial charge in [0.25, 0.3) is 0 Å². The third-order valence-electron chi connectivity index (χ3n) is 1.76. The molecule has 0 amide bonds. The summed E-state index contributed by atoms with van der Waals surface area (Å²) in [6.07, 6.45) is 1.49. The highest BCUT2D eigenvalue weighted by Gasteiger charge is 2.08. The number of carbonyl (C=O) groups is 1. The van der Waals surface area contributed by atoms with Crippen molar-refractivity contribution in [2.45, 2.75) is 11.8 Å².